The number of aliphatic hydroxyl groups excluding tert-OH is 1. The summed E-state index contributed by atoms with van der Waals surface area (Å²) in [5.74, 6) is 0.398. The van der Waals surface area contributed by atoms with Crippen molar-refractivity contribution in [3.05, 3.63) is 60.2 Å². The van der Waals surface area contributed by atoms with E-state index in [-0.39, 0.29) is 6.10 Å². The Morgan fingerprint density at radius 1 is 0.833 bits per heavy atom. The predicted octanol–water partition coefficient (Wildman–Crippen LogP) is 4.23. The molecule has 0 spiro atoms. The highest BCUT2D eigenvalue weighted by atomic mass is 16.3. The summed E-state index contributed by atoms with van der Waals surface area (Å²) in [4.78, 5) is 0. The van der Waals surface area contributed by atoms with Gasteiger partial charge < -0.3 is 5.11 Å². The smallest absolute Gasteiger partial charge is 0.0517 e. The second-order valence-corrected chi connectivity index (χ2v) is 4.97. The van der Waals surface area contributed by atoms with E-state index in [2.05, 4.69) is 55.5 Å². The molecule has 1 heteroatoms. The van der Waals surface area contributed by atoms with Crippen LogP contribution in [-0.2, 0) is 0 Å². The molecule has 2 atom stereocenters. The molecule has 94 valence electrons. The van der Waals surface area contributed by atoms with Crippen LogP contribution < -0.4 is 0 Å². The van der Waals surface area contributed by atoms with Crippen molar-refractivity contribution in [3.8, 4) is 11.1 Å². The van der Waals surface area contributed by atoms with Crippen molar-refractivity contribution in [2.24, 2.45) is 0 Å². The van der Waals surface area contributed by atoms with E-state index in [0.29, 0.717) is 5.92 Å². The fourth-order valence-corrected chi connectivity index (χ4v) is 2.28. The van der Waals surface area contributed by atoms with Gasteiger partial charge in [-0.05, 0) is 36.0 Å². The average molecular weight is 240 g/mol. The molecule has 0 bridgehead atoms. The molecule has 0 radical (unpaired) electrons. The van der Waals surface area contributed by atoms with Crippen LogP contribution in [0.4, 0.5) is 0 Å². The van der Waals surface area contributed by atoms with Gasteiger partial charge in [-0.2, -0.15) is 0 Å². The van der Waals surface area contributed by atoms with Crippen LogP contribution in [-0.4, -0.2) is 11.2 Å². The monoisotopic (exact) mass is 240 g/mol. The van der Waals surface area contributed by atoms with Gasteiger partial charge in [-0.15, -0.1) is 0 Å². The fraction of sp³-hybridized carbons (Fsp3) is 0.294. The largest absolute Gasteiger partial charge is 0.393 e. The Balaban J connectivity index is 2.15. The van der Waals surface area contributed by atoms with Gasteiger partial charge in [-0.1, -0.05) is 61.5 Å². The zero-order chi connectivity index (χ0) is 13.0. The first-order chi connectivity index (χ1) is 8.66. The molecule has 0 amide bonds. The third-order valence-corrected chi connectivity index (χ3v) is 3.28. The van der Waals surface area contributed by atoms with Crippen molar-refractivity contribution in [1.29, 1.82) is 0 Å². The van der Waals surface area contributed by atoms with E-state index in [1.807, 2.05) is 13.0 Å². The summed E-state index contributed by atoms with van der Waals surface area (Å²) in [7, 11) is 0. The molecule has 0 aliphatic rings. The molecular formula is C17H20O. The van der Waals surface area contributed by atoms with Gasteiger partial charge in [-0.25, -0.2) is 0 Å². The van der Waals surface area contributed by atoms with Gasteiger partial charge in [0.25, 0.3) is 0 Å². The summed E-state index contributed by atoms with van der Waals surface area (Å²) in [6.45, 7) is 4.00. The van der Waals surface area contributed by atoms with Gasteiger partial charge in [-0.3, -0.25) is 0 Å². The molecule has 0 heterocycles. The predicted molar refractivity (Wildman–Crippen MR) is 76.6 cm³/mol. The highest BCUT2D eigenvalue weighted by Crippen LogP contribution is 2.24. The number of benzene rings is 2. The van der Waals surface area contributed by atoms with Crippen LogP contribution in [0.15, 0.2) is 54.6 Å². The van der Waals surface area contributed by atoms with Crippen molar-refractivity contribution >= 4 is 0 Å². The van der Waals surface area contributed by atoms with E-state index >= 15 is 0 Å². The van der Waals surface area contributed by atoms with Gasteiger partial charge in [0.15, 0.2) is 0 Å². The maximum atomic E-state index is 9.42. The topological polar surface area (TPSA) is 20.2 Å². The van der Waals surface area contributed by atoms with Gasteiger partial charge in [0, 0.05) is 0 Å². The van der Waals surface area contributed by atoms with Gasteiger partial charge >= 0.3 is 0 Å². The average Bonchev–Trinajstić information content (AvgIpc) is 2.39. The lowest BCUT2D eigenvalue weighted by molar-refractivity contribution is 0.176. The molecule has 0 aromatic heterocycles. The summed E-state index contributed by atoms with van der Waals surface area (Å²) in [5.41, 5.74) is 3.77. The lowest BCUT2D eigenvalue weighted by Crippen LogP contribution is -2.05. The molecule has 0 fully saturated rings. The quantitative estimate of drug-likeness (QED) is 0.848. The minimum atomic E-state index is -0.242. The Hall–Kier alpha value is -1.60. The second kappa shape index (κ2) is 5.83. The summed E-state index contributed by atoms with van der Waals surface area (Å²) < 4.78 is 0. The summed E-state index contributed by atoms with van der Waals surface area (Å²) in [6, 6.07) is 19.0. The van der Waals surface area contributed by atoms with Crippen LogP contribution in [0.5, 0.6) is 0 Å². The zero-order valence-corrected chi connectivity index (χ0v) is 11.0. The van der Waals surface area contributed by atoms with Crippen LogP contribution in [0.1, 0.15) is 31.7 Å². The van der Waals surface area contributed by atoms with E-state index < -0.39 is 0 Å². The Bertz CT molecular complexity index is 471. The highest BCUT2D eigenvalue weighted by Gasteiger charge is 2.08. The van der Waals surface area contributed by atoms with E-state index in [0.717, 1.165) is 6.42 Å². The Morgan fingerprint density at radius 2 is 1.39 bits per heavy atom. The van der Waals surface area contributed by atoms with Crippen molar-refractivity contribution in [2.75, 3.05) is 0 Å². The van der Waals surface area contributed by atoms with Gasteiger partial charge in [0.1, 0.15) is 0 Å². The van der Waals surface area contributed by atoms with Crippen molar-refractivity contribution in [3.63, 3.8) is 0 Å². The first kappa shape index (κ1) is 12.8. The molecule has 1 N–H and O–H groups in total. The van der Waals surface area contributed by atoms with Crippen LogP contribution in [0.2, 0.25) is 0 Å². The van der Waals surface area contributed by atoms with Crippen molar-refractivity contribution < 1.29 is 5.11 Å². The van der Waals surface area contributed by atoms with Crippen LogP contribution in [0, 0.1) is 0 Å². The van der Waals surface area contributed by atoms with Gasteiger partial charge in [0.2, 0.25) is 0 Å². The number of hydrogen-bond donors (Lipinski definition) is 1. The third-order valence-electron chi connectivity index (χ3n) is 3.28. The van der Waals surface area contributed by atoms with E-state index in [4.69, 9.17) is 0 Å². The lowest BCUT2D eigenvalue weighted by atomic mass is 9.93. The molecule has 2 aromatic rings. The van der Waals surface area contributed by atoms with E-state index in [1.165, 1.54) is 16.7 Å². The molecule has 0 saturated heterocycles. The second-order valence-electron chi connectivity index (χ2n) is 4.97. The lowest BCUT2D eigenvalue weighted by Gasteiger charge is -2.14. The van der Waals surface area contributed by atoms with E-state index in [1.54, 1.807) is 0 Å². The Morgan fingerprint density at radius 3 is 1.94 bits per heavy atom. The third kappa shape index (κ3) is 3.21. The Kier molecular flexibility index (Phi) is 4.16. The first-order valence-electron chi connectivity index (χ1n) is 6.50. The number of rotatable bonds is 4. The molecule has 0 aliphatic carbocycles. The standard InChI is InChI=1S/C17H20O/c1-13(12-14(2)18)15-8-10-17(11-9-15)16-6-4-3-5-7-16/h3-11,13-14,18H,12H2,1-2H3. The normalized spacial score (nSPS) is 14.2. The van der Waals surface area contributed by atoms with E-state index in [9.17, 15) is 5.11 Å². The van der Waals surface area contributed by atoms with Gasteiger partial charge in [0.05, 0.1) is 6.10 Å². The zero-order valence-electron chi connectivity index (χ0n) is 11.0. The van der Waals surface area contributed by atoms with Crippen molar-refractivity contribution in [2.45, 2.75) is 32.3 Å². The number of hydrogen-bond acceptors (Lipinski definition) is 1. The summed E-state index contributed by atoms with van der Waals surface area (Å²) in [6.07, 6.45) is 0.568. The molecule has 2 aromatic carbocycles. The SMILES string of the molecule is CC(O)CC(C)c1ccc(-c2ccccc2)cc1. The molecule has 18 heavy (non-hydrogen) atoms. The fourth-order valence-electron chi connectivity index (χ4n) is 2.28. The summed E-state index contributed by atoms with van der Waals surface area (Å²) >= 11 is 0. The molecular weight excluding hydrogens is 220 g/mol. The minimum Gasteiger partial charge on any atom is -0.393 e. The van der Waals surface area contributed by atoms with Crippen LogP contribution in [0.25, 0.3) is 11.1 Å². The maximum absolute atomic E-state index is 9.42. The maximum Gasteiger partial charge on any atom is 0.0517 e. The molecule has 2 rings (SSSR count). The minimum absolute atomic E-state index is 0.242. The first-order valence-corrected chi connectivity index (χ1v) is 6.50. The molecule has 1 nitrogen and oxygen atoms in total. The van der Waals surface area contributed by atoms with Crippen LogP contribution >= 0.6 is 0 Å². The number of aliphatic hydroxyl groups is 1. The Labute approximate surface area is 109 Å². The van der Waals surface area contributed by atoms with Crippen LogP contribution in [0.3, 0.4) is 0 Å². The van der Waals surface area contributed by atoms with Crippen molar-refractivity contribution in [1.82, 2.24) is 0 Å². The molecule has 2 unspecified atom stereocenters. The molecule has 0 aliphatic heterocycles. The summed E-state index contributed by atoms with van der Waals surface area (Å²) in [5, 5.41) is 9.42. The highest BCUT2D eigenvalue weighted by molar-refractivity contribution is 5.63. The molecule has 0 saturated carbocycles.